The number of nitrogens with zero attached hydrogens (tertiary/aromatic N) is 2. The van der Waals surface area contributed by atoms with Crippen LogP contribution in [0.15, 0.2) is 12.3 Å². The summed E-state index contributed by atoms with van der Waals surface area (Å²) in [6, 6.07) is 0. The number of hydrogen-bond donors (Lipinski definition) is 2. The molecule has 6 heteroatoms. The van der Waals surface area contributed by atoms with Crippen LogP contribution in [0.2, 0.25) is 0 Å². The summed E-state index contributed by atoms with van der Waals surface area (Å²) in [4.78, 5) is 16.1. The van der Waals surface area contributed by atoms with Gasteiger partial charge >= 0.3 is 5.82 Å². The van der Waals surface area contributed by atoms with E-state index < -0.39 is 4.92 Å². The van der Waals surface area contributed by atoms with Gasteiger partial charge in [0.15, 0.2) is 0 Å². The summed E-state index contributed by atoms with van der Waals surface area (Å²) in [6.45, 7) is 0.703. The lowest BCUT2D eigenvalue weighted by molar-refractivity contribution is -0.389. The van der Waals surface area contributed by atoms with Crippen LogP contribution in [0, 0.1) is 10.1 Å². The normalized spacial score (nSPS) is 10.8. The molecule has 1 aromatic heterocycles. The fourth-order valence-electron chi connectivity index (χ4n) is 0.792. The summed E-state index contributed by atoms with van der Waals surface area (Å²) in [5, 5.41) is 13.1. The maximum atomic E-state index is 10.2. The highest BCUT2D eigenvalue weighted by Gasteiger charge is 2.06. The second-order valence-electron chi connectivity index (χ2n) is 2.37. The molecule has 13 heavy (non-hydrogen) atoms. The molecule has 0 radical (unpaired) electrons. The van der Waals surface area contributed by atoms with Crippen molar-refractivity contribution in [2.45, 2.75) is 0 Å². The average Bonchev–Trinajstić information content (AvgIpc) is 2.53. The molecule has 0 aromatic carbocycles. The van der Waals surface area contributed by atoms with Gasteiger partial charge in [0.1, 0.15) is 6.20 Å². The molecule has 0 saturated heterocycles. The number of rotatable bonds is 4. The van der Waals surface area contributed by atoms with Crippen molar-refractivity contribution in [2.75, 3.05) is 13.6 Å². The Balaban J connectivity index is 2.64. The fraction of sp³-hybridized carbons (Fsp3) is 0.286. The van der Waals surface area contributed by atoms with Gasteiger partial charge in [-0.2, -0.15) is 0 Å². The van der Waals surface area contributed by atoms with E-state index in [1.54, 1.807) is 6.08 Å². The van der Waals surface area contributed by atoms with Crippen molar-refractivity contribution in [1.82, 2.24) is 15.3 Å². The van der Waals surface area contributed by atoms with Gasteiger partial charge in [-0.3, -0.25) is 0 Å². The summed E-state index contributed by atoms with van der Waals surface area (Å²) in [6.07, 6.45) is 4.70. The van der Waals surface area contributed by atoms with Crippen LogP contribution in [-0.4, -0.2) is 28.5 Å². The highest BCUT2D eigenvalue weighted by atomic mass is 16.6. The van der Waals surface area contributed by atoms with Crippen LogP contribution in [0.25, 0.3) is 6.08 Å². The zero-order chi connectivity index (χ0) is 9.68. The Kier molecular flexibility index (Phi) is 3.15. The molecule has 0 saturated carbocycles. The van der Waals surface area contributed by atoms with Crippen molar-refractivity contribution in [1.29, 1.82) is 0 Å². The molecule has 2 N–H and O–H groups in total. The van der Waals surface area contributed by atoms with Crippen molar-refractivity contribution in [2.24, 2.45) is 0 Å². The third-order valence-electron chi connectivity index (χ3n) is 1.38. The Morgan fingerprint density at radius 2 is 2.62 bits per heavy atom. The van der Waals surface area contributed by atoms with E-state index in [0.717, 1.165) is 0 Å². The van der Waals surface area contributed by atoms with E-state index >= 15 is 0 Å². The molecule has 1 aromatic rings. The van der Waals surface area contributed by atoms with E-state index in [1.165, 1.54) is 6.20 Å². The zero-order valence-electron chi connectivity index (χ0n) is 7.15. The zero-order valence-corrected chi connectivity index (χ0v) is 7.15. The number of nitro groups is 1. The maximum Gasteiger partial charge on any atom is 0.340 e. The molecule has 0 aliphatic carbocycles. The molecule has 0 unspecified atom stereocenters. The predicted octanol–water partition coefficient (Wildman–Crippen LogP) is 0.550. The molecule has 0 spiro atoms. The molecule has 0 aliphatic rings. The number of H-pyrrole nitrogens is 1. The Hall–Kier alpha value is -1.69. The van der Waals surface area contributed by atoms with E-state index in [2.05, 4.69) is 15.3 Å². The Bertz CT molecular complexity index is 318. The molecule has 6 nitrogen and oxygen atoms in total. The maximum absolute atomic E-state index is 10.2. The first-order chi connectivity index (χ1) is 6.24. The number of imidazole rings is 1. The van der Waals surface area contributed by atoms with Crippen molar-refractivity contribution < 1.29 is 4.92 Å². The second kappa shape index (κ2) is 4.36. The third kappa shape index (κ3) is 2.68. The SMILES string of the molecule is CNCC=Cc1ncc([N+](=O)[O-])[nH]1. The van der Waals surface area contributed by atoms with Gasteiger partial charge in [0, 0.05) is 12.6 Å². The van der Waals surface area contributed by atoms with Gasteiger partial charge in [-0.05, 0) is 12.0 Å². The lowest BCUT2D eigenvalue weighted by Gasteiger charge is -1.86. The van der Waals surface area contributed by atoms with E-state index in [9.17, 15) is 10.1 Å². The standard InChI is InChI=1S/C7H10N4O2/c1-8-4-2-3-6-9-5-7(10-6)11(12)13/h2-3,5,8H,4H2,1H3,(H,9,10). The minimum absolute atomic E-state index is 0.0934. The van der Waals surface area contributed by atoms with E-state index in [-0.39, 0.29) is 5.82 Å². The second-order valence-corrected chi connectivity index (χ2v) is 2.37. The molecule has 0 amide bonds. The first kappa shape index (κ1) is 9.40. The molecular formula is C7H10N4O2. The minimum Gasteiger partial charge on any atom is -0.358 e. The van der Waals surface area contributed by atoms with E-state index in [4.69, 9.17) is 0 Å². The number of hydrogen-bond acceptors (Lipinski definition) is 4. The van der Waals surface area contributed by atoms with Crippen molar-refractivity contribution in [3.8, 4) is 0 Å². The fourth-order valence-corrected chi connectivity index (χ4v) is 0.792. The summed E-state index contributed by atoms with van der Waals surface area (Å²) in [5.74, 6) is 0.394. The Labute approximate surface area is 74.8 Å². The average molecular weight is 182 g/mol. The molecule has 0 atom stereocenters. The smallest absolute Gasteiger partial charge is 0.340 e. The highest BCUT2D eigenvalue weighted by Crippen LogP contribution is 2.06. The molecule has 0 fully saturated rings. The lowest BCUT2D eigenvalue weighted by atomic mass is 10.5. The summed E-state index contributed by atoms with van der Waals surface area (Å²) in [7, 11) is 1.81. The monoisotopic (exact) mass is 182 g/mol. The van der Waals surface area contributed by atoms with Gasteiger partial charge in [-0.15, -0.1) is 0 Å². The van der Waals surface area contributed by atoms with Crippen LogP contribution < -0.4 is 5.32 Å². The molecule has 0 bridgehead atoms. The minimum atomic E-state index is -0.511. The van der Waals surface area contributed by atoms with Gasteiger partial charge in [0.2, 0.25) is 5.82 Å². The third-order valence-corrected chi connectivity index (χ3v) is 1.38. The van der Waals surface area contributed by atoms with Crippen LogP contribution >= 0.6 is 0 Å². The molecule has 70 valence electrons. The van der Waals surface area contributed by atoms with Crippen LogP contribution in [0.4, 0.5) is 5.82 Å². The van der Waals surface area contributed by atoms with Crippen LogP contribution in [0.1, 0.15) is 5.82 Å². The van der Waals surface area contributed by atoms with Crippen LogP contribution in [0.3, 0.4) is 0 Å². The Morgan fingerprint density at radius 3 is 3.15 bits per heavy atom. The highest BCUT2D eigenvalue weighted by molar-refractivity contribution is 5.42. The summed E-state index contributed by atoms with van der Waals surface area (Å²) < 4.78 is 0. The van der Waals surface area contributed by atoms with Crippen molar-refractivity contribution >= 4 is 11.9 Å². The summed E-state index contributed by atoms with van der Waals surface area (Å²) >= 11 is 0. The number of aromatic amines is 1. The van der Waals surface area contributed by atoms with Crippen molar-refractivity contribution in [3.63, 3.8) is 0 Å². The quantitative estimate of drug-likeness (QED) is 0.526. The molecule has 0 aliphatic heterocycles. The largest absolute Gasteiger partial charge is 0.358 e. The van der Waals surface area contributed by atoms with Gasteiger partial charge in [0.25, 0.3) is 0 Å². The van der Waals surface area contributed by atoms with Gasteiger partial charge in [0.05, 0.1) is 0 Å². The van der Waals surface area contributed by atoms with Gasteiger partial charge < -0.3 is 15.4 Å². The molecule has 1 rings (SSSR count). The number of likely N-dealkylation sites (N-methyl/N-ethyl adjacent to an activating group) is 1. The van der Waals surface area contributed by atoms with Crippen molar-refractivity contribution in [3.05, 3.63) is 28.2 Å². The summed E-state index contributed by atoms with van der Waals surface area (Å²) in [5.41, 5.74) is 0. The Morgan fingerprint density at radius 1 is 1.85 bits per heavy atom. The van der Waals surface area contributed by atoms with Crippen LogP contribution in [-0.2, 0) is 0 Å². The predicted molar refractivity (Wildman–Crippen MR) is 48.2 cm³/mol. The molecular weight excluding hydrogens is 172 g/mol. The van der Waals surface area contributed by atoms with E-state index in [1.807, 2.05) is 13.1 Å². The molecule has 1 heterocycles. The van der Waals surface area contributed by atoms with E-state index in [0.29, 0.717) is 12.4 Å². The first-order valence-electron chi connectivity index (χ1n) is 3.74. The number of aromatic nitrogens is 2. The number of nitrogens with one attached hydrogen (secondary N) is 2. The van der Waals surface area contributed by atoms with Gasteiger partial charge in [-0.25, -0.2) is 9.97 Å². The lowest BCUT2D eigenvalue weighted by Crippen LogP contribution is -2.03. The first-order valence-corrected chi connectivity index (χ1v) is 3.74. The van der Waals surface area contributed by atoms with Crippen LogP contribution in [0.5, 0.6) is 0 Å². The topological polar surface area (TPSA) is 83.8 Å². The van der Waals surface area contributed by atoms with Gasteiger partial charge in [-0.1, -0.05) is 6.08 Å².